The molecule has 4 atom stereocenters. The Balaban J connectivity index is 2.21. The summed E-state index contributed by atoms with van der Waals surface area (Å²) in [5.41, 5.74) is 3.85. The maximum absolute atomic E-state index is 9.95. The van der Waals surface area contributed by atoms with E-state index >= 15 is 0 Å². The third-order valence-corrected chi connectivity index (χ3v) is 6.50. The predicted molar refractivity (Wildman–Crippen MR) is 75.0 cm³/mol. The lowest BCUT2D eigenvalue weighted by atomic mass is 9.84. The molecule has 3 rings (SSSR count). The van der Waals surface area contributed by atoms with Gasteiger partial charge in [-0.25, -0.2) is 4.99 Å². The van der Waals surface area contributed by atoms with Gasteiger partial charge in [-0.15, -0.1) is 0 Å². The number of nitriles is 2. The normalized spacial score (nSPS) is 48.8. The average molecular weight is 291 g/mol. The molecule has 0 bridgehead atoms. The van der Waals surface area contributed by atoms with E-state index in [1.54, 1.807) is 11.8 Å². The molecular formula is C14H19N4OS+. The molecule has 3 aliphatic rings. The van der Waals surface area contributed by atoms with Crippen LogP contribution in [0.4, 0.5) is 0 Å². The molecule has 0 aromatic heterocycles. The van der Waals surface area contributed by atoms with Gasteiger partial charge in [-0.05, 0) is 12.3 Å². The first-order valence-corrected chi connectivity index (χ1v) is 7.87. The van der Waals surface area contributed by atoms with Gasteiger partial charge in [0, 0.05) is 11.2 Å². The van der Waals surface area contributed by atoms with E-state index in [2.05, 4.69) is 31.0 Å². The van der Waals surface area contributed by atoms with Gasteiger partial charge in [-0.2, -0.15) is 10.5 Å². The fourth-order valence-corrected chi connectivity index (χ4v) is 6.07. The Kier molecular flexibility index (Phi) is 2.53. The highest BCUT2D eigenvalue weighted by Gasteiger charge is 3.01. The number of nitrogens with two attached hydrogens (primary N) is 1. The van der Waals surface area contributed by atoms with Crippen molar-refractivity contribution in [1.82, 2.24) is 0 Å². The molecule has 6 heteroatoms. The second-order valence-electron chi connectivity index (χ2n) is 6.51. The molecule has 0 aromatic rings. The van der Waals surface area contributed by atoms with Crippen LogP contribution in [0.1, 0.15) is 27.2 Å². The predicted octanol–water partition coefficient (Wildman–Crippen LogP) is -0.0590. The molecule has 2 heterocycles. The molecular weight excluding hydrogens is 272 g/mol. The summed E-state index contributed by atoms with van der Waals surface area (Å²) in [5.74, 6) is 1.60. The quantitative estimate of drug-likeness (QED) is 0.743. The van der Waals surface area contributed by atoms with Crippen LogP contribution in [-0.4, -0.2) is 23.3 Å². The monoisotopic (exact) mass is 291 g/mol. The van der Waals surface area contributed by atoms with Crippen LogP contribution in [0.25, 0.3) is 0 Å². The van der Waals surface area contributed by atoms with Crippen molar-refractivity contribution in [3.8, 4) is 12.1 Å². The SMILES string of the molecule is CC(C)C[C@@]1(C)[C@]2(C#N)C(N)=[NH+][C@@]3(OCCS3)[C@]12C#N. The highest BCUT2D eigenvalue weighted by Crippen LogP contribution is 2.85. The Labute approximate surface area is 123 Å². The summed E-state index contributed by atoms with van der Waals surface area (Å²) in [5, 5.41) is 18.9. The van der Waals surface area contributed by atoms with E-state index in [0.29, 0.717) is 18.4 Å². The number of fused-ring (bicyclic) bond motifs is 2. The van der Waals surface area contributed by atoms with Crippen molar-refractivity contribution in [2.45, 2.75) is 32.2 Å². The molecule has 2 fully saturated rings. The molecule has 2 aliphatic heterocycles. The second kappa shape index (κ2) is 3.69. The van der Waals surface area contributed by atoms with E-state index < -0.39 is 21.3 Å². The summed E-state index contributed by atoms with van der Waals surface area (Å²) in [6.45, 7) is 6.80. The number of nitrogens with one attached hydrogen (secondary N) is 1. The molecule has 106 valence electrons. The van der Waals surface area contributed by atoms with Crippen LogP contribution in [0.3, 0.4) is 0 Å². The van der Waals surface area contributed by atoms with Crippen LogP contribution in [0.2, 0.25) is 0 Å². The average Bonchev–Trinajstić information content (AvgIpc) is 2.71. The van der Waals surface area contributed by atoms with Crippen LogP contribution in [-0.2, 0) is 4.74 Å². The van der Waals surface area contributed by atoms with Crippen molar-refractivity contribution < 1.29 is 9.73 Å². The van der Waals surface area contributed by atoms with Gasteiger partial charge in [0.1, 0.15) is 0 Å². The number of rotatable bonds is 2. The van der Waals surface area contributed by atoms with Gasteiger partial charge in [-0.3, -0.25) is 5.73 Å². The Hall–Kier alpha value is -1.24. The number of ether oxygens (including phenoxy) is 1. The zero-order chi connectivity index (χ0) is 14.8. The van der Waals surface area contributed by atoms with Gasteiger partial charge in [0.05, 0.1) is 18.7 Å². The number of amidine groups is 1. The van der Waals surface area contributed by atoms with Crippen LogP contribution in [0, 0.1) is 44.8 Å². The van der Waals surface area contributed by atoms with Gasteiger partial charge < -0.3 is 4.74 Å². The molecule has 0 aromatic carbocycles. The fraction of sp³-hybridized carbons (Fsp3) is 0.786. The van der Waals surface area contributed by atoms with Crippen molar-refractivity contribution in [3.63, 3.8) is 0 Å². The molecule has 20 heavy (non-hydrogen) atoms. The highest BCUT2D eigenvalue weighted by molar-refractivity contribution is 8.00. The Morgan fingerprint density at radius 1 is 1.45 bits per heavy atom. The third kappa shape index (κ3) is 1.02. The first kappa shape index (κ1) is 13.7. The number of thioether (sulfide) groups is 1. The first-order valence-electron chi connectivity index (χ1n) is 6.89. The van der Waals surface area contributed by atoms with Crippen molar-refractivity contribution >= 4 is 17.6 Å². The minimum atomic E-state index is -0.948. The third-order valence-electron chi connectivity index (χ3n) is 5.20. The summed E-state index contributed by atoms with van der Waals surface area (Å²) in [6.07, 6.45) is 0.780. The Morgan fingerprint density at radius 2 is 2.15 bits per heavy atom. The summed E-state index contributed by atoms with van der Waals surface area (Å²) >= 11 is 1.56. The zero-order valence-electron chi connectivity index (χ0n) is 12.0. The maximum Gasteiger partial charge on any atom is 0.277 e. The lowest BCUT2D eigenvalue weighted by Gasteiger charge is -2.28. The van der Waals surface area contributed by atoms with E-state index in [4.69, 9.17) is 10.5 Å². The number of nitrogens with zero attached hydrogens (tertiary/aromatic N) is 2. The standard InChI is InChI=1S/C14H18N4OS/c1-9(2)6-11(3)12(7-15)10(17)18-14(13(11,12)8-16)19-4-5-20-14/h9H,4-6H2,1-3H3,(H2,17,18)/p+1/t11-,12-,13+,14+/m0/s1. The van der Waals surface area contributed by atoms with E-state index in [1.165, 1.54) is 0 Å². The molecule has 0 unspecified atom stereocenters. The number of hydrogen-bond donors (Lipinski definition) is 2. The van der Waals surface area contributed by atoms with Crippen LogP contribution in [0.15, 0.2) is 0 Å². The molecule has 0 amide bonds. The lowest BCUT2D eigenvalue weighted by Crippen LogP contribution is -2.88. The summed E-state index contributed by atoms with van der Waals surface area (Å²) in [6, 6.07) is 4.80. The molecule has 1 aliphatic carbocycles. The van der Waals surface area contributed by atoms with E-state index in [9.17, 15) is 10.5 Å². The summed E-state index contributed by atoms with van der Waals surface area (Å²) in [7, 11) is 0. The van der Waals surface area contributed by atoms with Gasteiger partial charge in [-0.1, -0.05) is 32.5 Å². The van der Waals surface area contributed by atoms with Crippen molar-refractivity contribution in [2.24, 2.45) is 27.9 Å². The van der Waals surface area contributed by atoms with Crippen LogP contribution in [0.5, 0.6) is 0 Å². The van der Waals surface area contributed by atoms with Gasteiger partial charge >= 0.3 is 0 Å². The Morgan fingerprint density at radius 3 is 2.60 bits per heavy atom. The van der Waals surface area contributed by atoms with Gasteiger partial charge in [0.25, 0.3) is 10.9 Å². The first-order chi connectivity index (χ1) is 9.37. The smallest absolute Gasteiger partial charge is 0.277 e. The van der Waals surface area contributed by atoms with Gasteiger partial charge in [0.15, 0.2) is 10.8 Å². The van der Waals surface area contributed by atoms with Crippen LogP contribution < -0.4 is 10.7 Å². The largest absolute Gasteiger partial charge is 0.327 e. The summed E-state index contributed by atoms with van der Waals surface area (Å²) < 4.78 is 5.90. The molecule has 1 spiro atoms. The van der Waals surface area contributed by atoms with E-state index in [1.807, 2.05) is 6.92 Å². The topological polar surface area (TPSA) is 96.8 Å². The molecule has 1 saturated heterocycles. The van der Waals surface area contributed by atoms with Crippen molar-refractivity contribution in [2.75, 3.05) is 12.4 Å². The maximum atomic E-state index is 9.95. The zero-order valence-corrected chi connectivity index (χ0v) is 12.8. The van der Waals surface area contributed by atoms with E-state index in [-0.39, 0.29) is 0 Å². The summed E-state index contributed by atoms with van der Waals surface area (Å²) in [4.78, 5) is 3.13. The highest BCUT2D eigenvalue weighted by atomic mass is 32.2. The molecule has 0 radical (unpaired) electrons. The Bertz CT molecular complexity index is 583. The van der Waals surface area contributed by atoms with Crippen molar-refractivity contribution in [3.05, 3.63) is 0 Å². The van der Waals surface area contributed by atoms with Crippen LogP contribution >= 0.6 is 11.8 Å². The fourth-order valence-electron chi connectivity index (χ4n) is 4.63. The molecule has 5 nitrogen and oxygen atoms in total. The molecule has 3 N–H and O–H groups in total. The van der Waals surface area contributed by atoms with E-state index in [0.717, 1.165) is 12.2 Å². The minimum Gasteiger partial charge on any atom is -0.327 e. The second-order valence-corrected chi connectivity index (χ2v) is 7.78. The molecule has 1 saturated carbocycles. The lowest BCUT2D eigenvalue weighted by molar-refractivity contribution is -0.585. The number of hydrogen-bond acceptors (Lipinski definition) is 5. The minimum absolute atomic E-state index is 0.386. The van der Waals surface area contributed by atoms with Gasteiger partial charge in [0.2, 0.25) is 0 Å². The van der Waals surface area contributed by atoms with Crippen molar-refractivity contribution in [1.29, 1.82) is 10.5 Å².